The first-order valence-electron chi connectivity index (χ1n) is 9.49. The minimum absolute atomic E-state index is 0.0395. The van der Waals surface area contributed by atoms with Crippen molar-refractivity contribution in [2.45, 2.75) is 71.0 Å². The van der Waals surface area contributed by atoms with Gasteiger partial charge in [0.05, 0.1) is 19.2 Å². The fourth-order valence-electron chi connectivity index (χ4n) is 4.61. The van der Waals surface area contributed by atoms with Gasteiger partial charge in [0, 0.05) is 5.56 Å². The monoisotopic (exact) mass is 359 g/mol. The summed E-state index contributed by atoms with van der Waals surface area (Å²) in [5.74, 6) is -0.505. The Morgan fingerprint density at radius 2 is 1.85 bits per heavy atom. The summed E-state index contributed by atoms with van der Waals surface area (Å²) in [5.41, 5.74) is 3.65. The Hall–Kier alpha value is -1.88. The third-order valence-electron chi connectivity index (χ3n) is 5.82. The number of hydrogen-bond acceptors (Lipinski definition) is 5. The van der Waals surface area contributed by atoms with E-state index in [1.807, 2.05) is 13.8 Å². The van der Waals surface area contributed by atoms with Crippen LogP contribution in [0.2, 0.25) is 0 Å². The molecule has 2 atom stereocenters. The normalized spacial score (nSPS) is 24.7. The summed E-state index contributed by atoms with van der Waals surface area (Å²) in [5, 5.41) is 15.3. The van der Waals surface area contributed by atoms with Crippen LogP contribution in [0.3, 0.4) is 0 Å². The lowest BCUT2D eigenvalue weighted by atomic mass is 9.76. The molecule has 1 aliphatic carbocycles. The highest BCUT2D eigenvalue weighted by Crippen LogP contribution is 2.39. The summed E-state index contributed by atoms with van der Waals surface area (Å²) in [4.78, 5) is 18.3. The minimum Gasteiger partial charge on any atom is -0.466 e. The summed E-state index contributed by atoms with van der Waals surface area (Å²) in [6, 6.07) is 4.20. The van der Waals surface area contributed by atoms with Crippen LogP contribution in [0.15, 0.2) is 17.3 Å². The van der Waals surface area contributed by atoms with Crippen molar-refractivity contribution in [2.24, 2.45) is 11.1 Å². The van der Waals surface area contributed by atoms with Crippen molar-refractivity contribution in [3.05, 3.63) is 34.4 Å². The zero-order valence-corrected chi connectivity index (χ0v) is 16.2. The highest BCUT2D eigenvalue weighted by atomic mass is 16.7. The van der Waals surface area contributed by atoms with Crippen LogP contribution in [0.1, 0.15) is 60.8 Å². The molecule has 2 aliphatic rings. The minimum atomic E-state index is -1.43. The maximum absolute atomic E-state index is 12.6. The molecule has 1 heterocycles. The van der Waals surface area contributed by atoms with Crippen molar-refractivity contribution in [1.29, 1.82) is 0 Å². The van der Waals surface area contributed by atoms with Gasteiger partial charge >= 0.3 is 5.97 Å². The number of aliphatic hydroxyl groups is 1. The topological polar surface area (TPSA) is 68.1 Å². The van der Waals surface area contributed by atoms with E-state index in [0.717, 1.165) is 42.4 Å². The molecule has 1 aromatic rings. The Kier molecular flexibility index (Phi) is 5.37. The van der Waals surface area contributed by atoms with Crippen LogP contribution < -0.4 is 0 Å². The molecule has 1 saturated carbocycles. The van der Waals surface area contributed by atoms with Crippen molar-refractivity contribution in [3.63, 3.8) is 0 Å². The molecule has 0 aromatic heterocycles. The van der Waals surface area contributed by atoms with E-state index in [0.29, 0.717) is 5.71 Å². The third-order valence-corrected chi connectivity index (χ3v) is 5.82. The van der Waals surface area contributed by atoms with Gasteiger partial charge < -0.3 is 14.7 Å². The molecule has 0 spiro atoms. The number of oxime groups is 1. The SMILES string of the molecule is COC(=O)[C@@]1([C@@H](O)C2CCCCC2)CC(c2c(C)cc(C)cc2C)=NO1. The fourth-order valence-corrected chi connectivity index (χ4v) is 4.61. The number of aryl methyl sites for hydroxylation is 3. The van der Waals surface area contributed by atoms with E-state index in [2.05, 4.69) is 24.2 Å². The van der Waals surface area contributed by atoms with Crippen molar-refractivity contribution in [2.75, 3.05) is 7.11 Å². The molecular weight excluding hydrogens is 330 g/mol. The molecule has 5 heteroatoms. The zero-order chi connectivity index (χ0) is 18.9. The van der Waals surface area contributed by atoms with E-state index in [4.69, 9.17) is 9.57 Å². The Morgan fingerprint density at radius 3 is 2.42 bits per heavy atom. The average Bonchev–Trinajstić information content (AvgIpc) is 3.06. The quantitative estimate of drug-likeness (QED) is 0.834. The second kappa shape index (κ2) is 7.39. The molecule has 142 valence electrons. The van der Waals surface area contributed by atoms with Gasteiger partial charge in [-0.25, -0.2) is 4.79 Å². The first-order valence-corrected chi connectivity index (χ1v) is 9.49. The van der Waals surface area contributed by atoms with Gasteiger partial charge in [0.1, 0.15) is 6.10 Å². The third kappa shape index (κ3) is 3.25. The zero-order valence-electron chi connectivity index (χ0n) is 16.2. The van der Waals surface area contributed by atoms with Crippen LogP contribution in [-0.4, -0.2) is 35.6 Å². The fraction of sp³-hybridized carbons (Fsp3) is 0.619. The van der Waals surface area contributed by atoms with Crippen molar-refractivity contribution in [3.8, 4) is 0 Å². The molecule has 0 radical (unpaired) electrons. The van der Waals surface area contributed by atoms with Gasteiger partial charge in [0.2, 0.25) is 0 Å². The first kappa shape index (κ1) is 18.9. The van der Waals surface area contributed by atoms with Crippen molar-refractivity contribution >= 4 is 11.7 Å². The van der Waals surface area contributed by atoms with Gasteiger partial charge in [-0.2, -0.15) is 0 Å². The Morgan fingerprint density at radius 1 is 1.23 bits per heavy atom. The predicted octanol–water partition coefficient (Wildman–Crippen LogP) is 3.59. The van der Waals surface area contributed by atoms with E-state index >= 15 is 0 Å². The summed E-state index contributed by atoms with van der Waals surface area (Å²) in [6.07, 6.45) is 4.46. The maximum Gasteiger partial charge on any atom is 0.356 e. The smallest absolute Gasteiger partial charge is 0.356 e. The number of aliphatic hydroxyl groups excluding tert-OH is 1. The number of rotatable bonds is 4. The van der Waals surface area contributed by atoms with E-state index in [1.54, 1.807) is 0 Å². The van der Waals surface area contributed by atoms with E-state index in [1.165, 1.54) is 19.1 Å². The Labute approximate surface area is 155 Å². The lowest BCUT2D eigenvalue weighted by Crippen LogP contribution is -2.54. The molecule has 1 aliphatic heterocycles. The standard InChI is InChI=1S/C21H29NO4/c1-13-10-14(2)18(15(3)11-13)17-12-21(26-22-17,20(24)25-4)19(23)16-8-6-5-7-9-16/h10-11,16,19,23H,5-9,12H2,1-4H3/t19-,21-/m0/s1. The highest BCUT2D eigenvalue weighted by molar-refractivity contribution is 6.07. The molecule has 0 unspecified atom stereocenters. The van der Waals surface area contributed by atoms with E-state index < -0.39 is 17.7 Å². The molecule has 5 nitrogen and oxygen atoms in total. The molecule has 1 fully saturated rings. The number of benzene rings is 1. The van der Waals surface area contributed by atoms with Crippen LogP contribution in [-0.2, 0) is 14.4 Å². The second-order valence-corrected chi connectivity index (χ2v) is 7.80. The number of methoxy groups -OCH3 is 1. The Balaban J connectivity index is 1.92. The molecule has 0 amide bonds. The number of esters is 1. The lowest BCUT2D eigenvalue weighted by molar-refractivity contribution is -0.188. The molecule has 1 aromatic carbocycles. The number of hydrogen-bond donors (Lipinski definition) is 1. The summed E-state index contributed by atoms with van der Waals surface area (Å²) >= 11 is 0. The first-order chi connectivity index (χ1) is 12.4. The van der Waals surface area contributed by atoms with Crippen LogP contribution in [0.25, 0.3) is 0 Å². The van der Waals surface area contributed by atoms with Crippen LogP contribution in [0, 0.1) is 26.7 Å². The number of carbonyl (C=O) groups excluding carboxylic acids is 1. The predicted molar refractivity (Wildman–Crippen MR) is 100 cm³/mol. The summed E-state index contributed by atoms with van der Waals surface area (Å²) < 4.78 is 5.02. The van der Waals surface area contributed by atoms with Gasteiger partial charge in [-0.15, -0.1) is 0 Å². The molecule has 3 rings (SSSR count). The largest absolute Gasteiger partial charge is 0.466 e. The highest BCUT2D eigenvalue weighted by Gasteiger charge is 2.56. The van der Waals surface area contributed by atoms with Gasteiger partial charge in [0.25, 0.3) is 5.60 Å². The lowest BCUT2D eigenvalue weighted by Gasteiger charge is -2.35. The van der Waals surface area contributed by atoms with E-state index in [9.17, 15) is 9.90 Å². The van der Waals surface area contributed by atoms with Gasteiger partial charge in [0.15, 0.2) is 0 Å². The van der Waals surface area contributed by atoms with Crippen LogP contribution >= 0.6 is 0 Å². The molecular formula is C21H29NO4. The Bertz CT molecular complexity index is 698. The van der Waals surface area contributed by atoms with Gasteiger partial charge in [-0.1, -0.05) is 42.1 Å². The molecule has 0 bridgehead atoms. The van der Waals surface area contributed by atoms with Gasteiger partial charge in [-0.3, -0.25) is 0 Å². The molecule has 0 saturated heterocycles. The average molecular weight is 359 g/mol. The van der Waals surface area contributed by atoms with Crippen molar-refractivity contribution in [1.82, 2.24) is 0 Å². The number of carbonyl (C=O) groups is 1. The maximum atomic E-state index is 12.6. The van der Waals surface area contributed by atoms with E-state index in [-0.39, 0.29) is 12.3 Å². The van der Waals surface area contributed by atoms with Crippen molar-refractivity contribution < 1.29 is 19.5 Å². The number of ether oxygens (including phenoxy) is 1. The summed E-state index contributed by atoms with van der Waals surface area (Å²) in [6.45, 7) is 6.13. The van der Waals surface area contributed by atoms with Crippen LogP contribution in [0.5, 0.6) is 0 Å². The van der Waals surface area contributed by atoms with Gasteiger partial charge in [-0.05, 0) is 50.7 Å². The summed E-state index contributed by atoms with van der Waals surface area (Å²) in [7, 11) is 1.33. The second-order valence-electron chi connectivity index (χ2n) is 7.80. The van der Waals surface area contributed by atoms with Crippen LogP contribution in [0.4, 0.5) is 0 Å². The molecule has 26 heavy (non-hydrogen) atoms. The molecule has 1 N–H and O–H groups in total. The number of nitrogens with zero attached hydrogens (tertiary/aromatic N) is 1.